The highest BCUT2D eigenvalue weighted by Crippen LogP contribution is 2.31. The van der Waals surface area contributed by atoms with Crippen molar-refractivity contribution in [3.63, 3.8) is 0 Å². The third kappa shape index (κ3) is 3.44. The van der Waals surface area contributed by atoms with Gasteiger partial charge < -0.3 is 14.4 Å². The number of nitrogens with zero attached hydrogens (tertiary/aromatic N) is 1. The number of hydrogen-bond acceptors (Lipinski definition) is 5. The molecular formula is C16H21NO5S. The van der Waals surface area contributed by atoms with Crippen molar-refractivity contribution >= 4 is 15.7 Å². The largest absolute Gasteiger partial charge is 0.485 e. The second kappa shape index (κ2) is 6.39. The van der Waals surface area contributed by atoms with E-state index in [9.17, 15) is 13.2 Å². The Kier molecular flexibility index (Phi) is 4.48. The number of ether oxygens (including phenoxy) is 2. The lowest BCUT2D eigenvalue weighted by atomic mass is 10.1. The summed E-state index contributed by atoms with van der Waals surface area (Å²) in [4.78, 5) is 14.5. The molecule has 2 atom stereocenters. The monoisotopic (exact) mass is 339 g/mol. The van der Waals surface area contributed by atoms with Gasteiger partial charge >= 0.3 is 0 Å². The number of hydrogen-bond donors (Lipinski definition) is 0. The quantitative estimate of drug-likeness (QED) is 0.825. The molecule has 0 aliphatic carbocycles. The normalized spacial score (nSPS) is 25.1. The van der Waals surface area contributed by atoms with E-state index in [0.29, 0.717) is 24.5 Å². The summed E-state index contributed by atoms with van der Waals surface area (Å²) >= 11 is 0. The van der Waals surface area contributed by atoms with Crippen molar-refractivity contribution in [2.45, 2.75) is 31.9 Å². The van der Waals surface area contributed by atoms with Crippen LogP contribution < -0.4 is 9.47 Å². The summed E-state index contributed by atoms with van der Waals surface area (Å²) in [5.74, 6) is 1.18. The Bertz CT molecular complexity index is 687. The molecule has 0 bridgehead atoms. The molecule has 2 aliphatic heterocycles. The average molecular weight is 339 g/mol. The summed E-state index contributed by atoms with van der Waals surface area (Å²) in [6, 6.07) is 6.97. The highest BCUT2D eigenvalue weighted by molar-refractivity contribution is 7.91. The number of carbonyl (C=O) groups excluding carboxylic acids is 1. The topological polar surface area (TPSA) is 72.9 Å². The highest BCUT2D eigenvalue weighted by atomic mass is 32.2. The maximum atomic E-state index is 12.8. The minimum atomic E-state index is -3.04. The van der Waals surface area contributed by atoms with Crippen LogP contribution in [-0.4, -0.2) is 56.0 Å². The van der Waals surface area contributed by atoms with Gasteiger partial charge in [0.2, 0.25) is 6.10 Å². The molecule has 2 heterocycles. The minimum absolute atomic E-state index is 0.0445. The molecule has 2 aliphatic rings. The molecule has 1 aromatic carbocycles. The Hall–Kier alpha value is -1.76. The van der Waals surface area contributed by atoms with E-state index >= 15 is 0 Å². The lowest BCUT2D eigenvalue weighted by Gasteiger charge is -2.33. The maximum absolute atomic E-state index is 12.8. The highest BCUT2D eigenvalue weighted by Gasteiger charge is 2.38. The van der Waals surface area contributed by atoms with E-state index in [1.165, 1.54) is 0 Å². The fourth-order valence-electron chi connectivity index (χ4n) is 3.06. The van der Waals surface area contributed by atoms with Crippen molar-refractivity contribution in [3.05, 3.63) is 24.3 Å². The third-order valence-electron chi connectivity index (χ3n) is 4.18. The van der Waals surface area contributed by atoms with Gasteiger partial charge in [0.05, 0.1) is 11.5 Å². The zero-order chi connectivity index (χ0) is 16.4. The molecule has 0 aromatic heterocycles. The molecule has 1 amide bonds. The molecule has 1 fully saturated rings. The zero-order valence-electron chi connectivity index (χ0n) is 13.1. The second-order valence-electron chi connectivity index (χ2n) is 5.95. The SMILES string of the molecule is CCCN(C(=O)C1COc2ccccc2O1)C1CCS(=O)(=O)C1. The molecule has 2 unspecified atom stereocenters. The third-order valence-corrected chi connectivity index (χ3v) is 5.93. The lowest BCUT2D eigenvalue weighted by molar-refractivity contribution is -0.143. The molecular weight excluding hydrogens is 318 g/mol. The number of benzene rings is 1. The fourth-order valence-corrected chi connectivity index (χ4v) is 4.79. The summed E-state index contributed by atoms with van der Waals surface area (Å²) in [7, 11) is -3.04. The first-order valence-corrected chi connectivity index (χ1v) is 9.71. The van der Waals surface area contributed by atoms with E-state index in [2.05, 4.69) is 0 Å². The Morgan fingerprint density at radius 3 is 2.70 bits per heavy atom. The molecule has 1 saturated heterocycles. The second-order valence-corrected chi connectivity index (χ2v) is 8.18. The summed E-state index contributed by atoms with van der Waals surface area (Å²) in [6.45, 7) is 2.65. The molecule has 7 heteroatoms. The molecule has 1 aromatic rings. The van der Waals surface area contributed by atoms with Gasteiger partial charge in [-0.1, -0.05) is 19.1 Å². The first-order chi connectivity index (χ1) is 11.0. The van der Waals surface area contributed by atoms with Crippen molar-refractivity contribution in [1.82, 2.24) is 4.90 Å². The first kappa shape index (κ1) is 16.1. The minimum Gasteiger partial charge on any atom is -0.485 e. The first-order valence-electron chi connectivity index (χ1n) is 7.89. The Labute approximate surface area is 136 Å². The molecule has 0 saturated carbocycles. The molecule has 0 N–H and O–H groups in total. The van der Waals surface area contributed by atoms with Gasteiger partial charge in [-0.2, -0.15) is 0 Å². The van der Waals surface area contributed by atoms with Crippen LogP contribution in [0.2, 0.25) is 0 Å². The summed E-state index contributed by atoms with van der Waals surface area (Å²) in [6.07, 6.45) is 0.546. The summed E-state index contributed by atoms with van der Waals surface area (Å²) in [5.41, 5.74) is 0. The van der Waals surface area contributed by atoms with Crippen LogP contribution in [0.5, 0.6) is 11.5 Å². The van der Waals surface area contributed by atoms with Gasteiger partial charge in [0.15, 0.2) is 21.3 Å². The van der Waals surface area contributed by atoms with Gasteiger partial charge in [-0.25, -0.2) is 8.42 Å². The number of amides is 1. The average Bonchev–Trinajstić information content (AvgIpc) is 2.91. The van der Waals surface area contributed by atoms with Crippen molar-refractivity contribution in [2.75, 3.05) is 24.7 Å². The predicted molar refractivity (Wildman–Crippen MR) is 85.4 cm³/mol. The standard InChI is InChI=1S/C16H21NO5S/c1-2-8-17(12-7-9-23(19,20)11-12)16(18)15-10-21-13-5-3-4-6-14(13)22-15/h3-6,12,15H,2,7-11H2,1H3. The molecule has 126 valence electrons. The van der Waals surface area contributed by atoms with E-state index in [4.69, 9.17) is 9.47 Å². The molecule has 0 spiro atoms. The van der Waals surface area contributed by atoms with Gasteiger partial charge in [0, 0.05) is 12.6 Å². The van der Waals surface area contributed by atoms with Crippen molar-refractivity contribution < 1.29 is 22.7 Å². The van der Waals surface area contributed by atoms with Crippen LogP contribution in [0.25, 0.3) is 0 Å². The predicted octanol–water partition coefficient (Wildman–Crippen LogP) is 1.25. The number of sulfone groups is 1. The van der Waals surface area contributed by atoms with Crippen LogP contribution in [0.4, 0.5) is 0 Å². The maximum Gasteiger partial charge on any atom is 0.267 e. The fraction of sp³-hybridized carbons (Fsp3) is 0.562. The van der Waals surface area contributed by atoms with E-state index < -0.39 is 15.9 Å². The van der Waals surface area contributed by atoms with E-state index in [-0.39, 0.29) is 30.1 Å². The Morgan fingerprint density at radius 2 is 2.04 bits per heavy atom. The Balaban J connectivity index is 1.75. The van der Waals surface area contributed by atoms with Gasteiger partial charge in [0.25, 0.3) is 5.91 Å². The van der Waals surface area contributed by atoms with E-state index in [1.54, 1.807) is 17.0 Å². The summed E-state index contributed by atoms with van der Waals surface area (Å²) in [5, 5.41) is 0. The van der Waals surface area contributed by atoms with Crippen LogP contribution in [0, 0.1) is 0 Å². The van der Waals surface area contributed by atoms with Gasteiger partial charge in [-0.05, 0) is 25.0 Å². The molecule has 3 rings (SSSR count). The van der Waals surface area contributed by atoms with Crippen LogP contribution >= 0.6 is 0 Å². The smallest absolute Gasteiger partial charge is 0.267 e. The zero-order valence-corrected chi connectivity index (χ0v) is 13.9. The molecule has 6 nitrogen and oxygen atoms in total. The summed E-state index contributed by atoms with van der Waals surface area (Å²) < 4.78 is 34.8. The van der Waals surface area contributed by atoms with Crippen LogP contribution in [0.3, 0.4) is 0 Å². The number of para-hydroxylation sites is 2. The van der Waals surface area contributed by atoms with Crippen molar-refractivity contribution in [3.8, 4) is 11.5 Å². The molecule has 0 radical (unpaired) electrons. The molecule has 23 heavy (non-hydrogen) atoms. The number of rotatable bonds is 4. The lowest BCUT2D eigenvalue weighted by Crippen LogP contribution is -2.51. The van der Waals surface area contributed by atoms with E-state index in [0.717, 1.165) is 6.42 Å². The van der Waals surface area contributed by atoms with Gasteiger partial charge in [-0.3, -0.25) is 4.79 Å². The van der Waals surface area contributed by atoms with Gasteiger partial charge in [0.1, 0.15) is 6.61 Å². The Morgan fingerprint density at radius 1 is 1.30 bits per heavy atom. The van der Waals surface area contributed by atoms with Gasteiger partial charge in [-0.15, -0.1) is 0 Å². The number of fused-ring (bicyclic) bond motifs is 1. The van der Waals surface area contributed by atoms with Crippen LogP contribution in [-0.2, 0) is 14.6 Å². The van der Waals surface area contributed by atoms with Crippen LogP contribution in [0.1, 0.15) is 19.8 Å². The van der Waals surface area contributed by atoms with Crippen LogP contribution in [0.15, 0.2) is 24.3 Å². The van der Waals surface area contributed by atoms with Crippen molar-refractivity contribution in [1.29, 1.82) is 0 Å². The van der Waals surface area contributed by atoms with Crippen molar-refractivity contribution in [2.24, 2.45) is 0 Å². The number of carbonyl (C=O) groups is 1. The van der Waals surface area contributed by atoms with E-state index in [1.807, 2.05) is 19.1 Å².